The second-order valence-electron chi connectivity index (χ2n) is 6.92. The summed E-state index contributed by atoms with van der Waals surface area (Å²) in [6.45, 7) is 3.02. The van der Waals surface area contributed by atoms with Crippen LogP contribution in [0.2, 0.25) is 0 Å². The molecule has 0 aliphatic carbocycles. The highest BCUT2D eigenvalue weighted by molar-refractivity contribution is 9.10. The molecule has 1 aliphatic heterocycles. The average molecular weight is 454 g/mol. The fourth-order valence-corrected chi connectivity index (χ4v) is 5.03. The van der Waals surface area contributed by atoms with Crippen LogP contribution in [0.1, 0.15) is 32.6 Å². The summed E-state index contributed by atoms with van der Waals surface area (Å²) in [5.41, 5.74) is 3.57. The van der Waals surface area contributed by atoms with Crippen molar-refractivity contribution in [2.75, 3.05) is 11.5 Å². The second-order valence-corrected chi connectivity index (χ2v) is 8.92. The Hall–Kier alpha value is -1.91. The van der Waals surface area contributed by atoms with Crippen LogP contribution in [0.15, 0.2) is 81.0 Å². The van der Waals surface area contributed by atoms with Gasteiger partial charge in [-0.2, -0.15) is 0 Å². The first-order chi connectivity index (χ1) is 13.8. The largest absolute Gasteiger partial charge is 0.494 e. The molecule has 0 radical (unpaired) electrons. The molecule has 0 aromatic heterocycles. The Morgan fingerprint density at radius 1 is 0.857 bits per heavy atom. The van der Waals surface area contributed by atoms with Crippen molar-refractivity contribution in [1.82, 2.24) is 0 Å². The minimum atomic E-state index is 0.791. The van der Waals surface area contributed by atoms with Gasteiger partial charge in [-0.15, -0.1) is 0 Å². The topological polar surface area (TPSA) is 12.5 Å². The van der Waals surface area contributed by atoms with Gasteiger partial charge in [-0.3, -0.25) is 0 Å². The van der Waals surface area contributed by atoms with Gasteiger partial charge < -0.3 is 9.64 Å². The third-order valence-electron chi connectivity index (χ3n) is 4.85. The molecule has 0 spiro atoms. The predicted octanol–water partition coefficient (Wildman–Crippen LogP) is 8.34. The molecule has 0 saturated carbocycles. The number of unbranched alkanes of at least 4 members (excludes halogenated alkanes) is 3. The molecule has 2 nitrogen and oxygen atoms in total. The predicted molar refractivity (Wildman–Crippen MR) is 123 cm³/mol. The van der Waals surface area contributed by atoms with E-state index in [1.807, 2.05) is 11.8 Å². The van der Waals surface area contributed by atoms with Gasteiger partial charge in [0, 0.05) is 20.0 Å². The number of rotatable bonds is 7. The Labute approximate surface area is 180 Å². The lowest BCUT2D eigenvalue weighted by molar-refractivity contribution is 0.305. The molecule has 1 heterocycles. The lowest BCUT2D eigenvalue weighted by atomic mass is 10.2. The summed E-state index contributed by atoms with van der Waals surface area (Å²) >= 11 is 5.43. The van der Waals surface area contributed by atoms with E-state index in [2.05, 4.69) is 94.5 Å². The fraction of sp³-hybridized carbons (Fsp3) is 0.250. The molecule has 0 saturated heterocycles. The number of hydrogen-bond acceptors (Lipinski definition) is 3. The first-order valence-corrected chi connectivity index (χ1v) is 11.5. The third kappa shape index (κ3) is 4.23. The van der Waals surface area contributed by atoms with Crippen molar-refractivity contribution in [2.24, 2.45) is 0 Å². The van der Waals surface area contributed by atoms with Crippen LogP contribution in [0.4, 0.5) is 17.1 Å². The van der Waals surface area contributed by atoms with Gasteiger partial charge in [-0.25, -0.2) is 0 Å². The summed E-state index contributed by atoms with van der Waals surface area (Å²) in [5, 5.41) is 0. The zero-order chi connectivity index (χ0) is 19.3. The summed E-state index contributed by atoms with van der Waals surface area (Å²) in [4.78, 5) is 4.85. The SMILES string of the molecule is CCCCCCOc1ccc(N2c3ccccc3Sc3cc(Br)ccc32)cc1. The van der Waals surface area contributed by atoms with Gasteiger partial charge in [0.25, 0.3) is 0 Å². The normalized spacial score (nSPS) is 12.4. The van der Waals surface area contributed by atoms with Crippen molar-refractivity contribution in [1.29, 1.82) is 0 Å². The Balaban J connectivity index is 1.59. The molecular weight excluding hydrogens is 430 g/mol. The molecular formula is C24H24BrNOS. The molecule has 3 aromatic carbocycles. The zero-order valence-electron chi connectivity index (χ0n) is 16.0. The molecule has 144 valence electrons. The second kappa shape index (κ2) is 9.06. The van der Waals surface area contributed by atoms with E-state index >= 15 is 0 Å². The van der Waals surface area contributed by atoms with Gasteiger partial charge in [0.1, 0.15) is 5.75 Å². The van der Waals surface area contributed by atoms with Crippen LogP contribution in [0.5, 0.6) is 5.75 Å². The maximum Gasteiger partial charge on any atom is 0.119 e. The van der Waals surface area contributed by atoms with Crippen molar-refractivity contribution in [3.8, 4) is 5.75 Å². The van der Waals surface area contributed by atoms with E-state index in [4.69, 9.17) is 4.74 Å². The van der Waals surface area contributed by atoms with Crippen LogP contribution in [0.25, 0.3) is 0 Å². The van der Waals surface area contributed by atoms with Gasteiger partial charge in [0.15, 0.2) is 0 Å². The van der Waals surface area contributed by atoms with Gasteiger partial charge >= 0.3 is 0 Å². The molecule has 3 aromatic rings. The lowest BCUT2D eigenvalue weighted by Gasteiger charge is -2.33. The van der Waals surface area contributed by atoms with Crippen LogP contribution in [0, 0.1) is 0 Å². The molecule has 0 N–H and O–H groups in total. The summed E-state index contributed by atoms with van der Waals surface area (Å²) in [5.74, 6) is 0.941. The molecule has 0 unspecified atom stereocenters. The Kier molecular flexibility index (Phi) is 6.28. The lowest BCUT2D eigenvalue weighted by Crippen LogP contribution is -2.14. The summed E-state index contributed by atoms with van der Waals surface area (Å²) in [6.07, 6.45) is 4.89. The van der Waals surface area contributed by atoms with Gasteiger partial charge in [0.2, 0.25) is 0 Å². The number of ether oxygens (including phenoxy) is 1. The molecule has 28 heavy (non-hydrogen) atoms. The molecule has 0 atom stereocenters. The number of para-hydroxylation sites is 1. The molecule has 0 amide bonds. The number of anilines is 3. The number of fused-ring (bicyclic) bond motifs is 2. The third-order valence-corrected chi connectivity index (χ3v) is 6.46. The molecule has 4 heteroatoms. The van der Waals surface area contributed by atoms with Crippen LogP contribution in [-0.4, -0.2) is 6.61 Å². The molecule has 1 aliphatic rings. The van der Waals surface area contributed by atoms with Gasteiger partial charge in [-0.1, -0.05) is 66.0 Å². The van der Waals surface area contributed by atoms with Crippen molar-refractivity contribution >= 4 is 44.8 Å². The van der Waals surface area contributed by atoms with E-state index in [0.717, 1.165) is 28.9 Å². The van der Waals surface area contributed by atoms with Gasteiger partial charge in [0.05, 0.1) is 18.0 Å². The van der Waals surface area contributed by atoms with Crippen LogP contribution >= 0.6 is 27.7 Å². The minimum absolute atomic E-state index is 0.791. The zero-order valence-corrected chi connectivity index (χ0v) is 18.4. The van der Waals surface area contributed by atoms with E-state index in [1.165, 1.54) is 40.4 Å². The Morgan fingerprint density at radius 3 is 2.46 bits per heavy atom. The van der Waals surface area contributed by atoms with Gasteiger partial charge in [-0.05, 0) is 61.0 Å². The minimum Gasteiger partial charge on any atom is -0.494 e. The first-order valence-electron chi connectivity index (χ1n) is 9.85. The summed E-state index contributed by atoms with van der Waals surface area (Å²) in [7, 11) is 0. The highest BCUT2D eigenvalue weighted by atomic mass is 79.9. The standard InChI is InChI=1S/C24H24BrNOS/c1-2-3-4-7-16-27-20-13-11-19(12-14-20)26-21-8-5-6-9-23(21)28-24-17-18(25)10-15-22(24)26/h5-6,8-15,17H,2-4,7,16H2,1H3. The maximum absolute atomic E-state index is 5.92. The fourth-order valence-electron chi connectivity index (χ4n) is 3.42. The quantitative estimate of drug-likeness (QED) is 0.260. The number of nitrogens with zero attached hydrogens (tertiary/aromatic N) is 1. The van der Waals surface area contributed by atoms with Crippen molar-refractivity contribution in [2.45, 2.75) is 42.4 Å². The van der Waals surface area contributed by atoms with Crippen molar-refractivity contribution in [3.63, 3.8) is 0 Å². The Morgan fingerprint density at radius 2 is 1.64 bits per heavy atom. The van der Waals surface area contributed by atoms with E-state index in [1.54, 1.807) is 0 Å². The Bertz CT molecular complexity index is 942. The number of benzene rings is 3. The average Bonchev–Trinajstić information content (AvgIpc) is 2.72. The van der Waals surface area contributed by atoms with E-state index in [9.17, 15) is 0 Å². The van der Waals surface area contributed by atoms with Crippen molar-refractivity contribution in [3.05, 3.63) is 71.2 Å². The number of halogens is 1. The number of hydrogen-bond donors (Lipinski definition) is 0. The van der Waals surface area contributed by atoms with E-state index in [0.29, 0.717) is 0 Å². The van der Waals surface area contributed by atoms with E-state index < -0.39 is 0 Å². The molecule has 0 fully saturated rings. The van der Waals surface area contributed by atoms with E-state index in [-0.39, 0.29) is 0 Å². The summed E-state index contributed by atoms with van der Waals surface area (Å²) < 4.78 is 7.02. The monoisotopic (exact) mass is 453 g/mol. The smallest absolute Gasteiger partial charge is 0.119 e. The van der Waals surface area contributed by atoms with Crippen molar-refractivity contribution < 1.29 is 4.74 Å². The maximum atomic E-state index is 5.92. The first kappa shape index (κ1) is 19.4. The molecule has 4 rings (SSSR count). The highest BCUT2D eigenvalue weighted by Gasteiger charge is 2.24. The molecule has 0 bridgehead atoms. The highest BCUT2D eigenvalue weighted by Crippen LogP contribution is 2.51. The summed E-state index contributed by atoms with van der Waals surface area (Å²) in [6, 6.07) is 23.5. The van der Waals surface area contributed by atoms with Crippen LogP contribution in [-0.2, 0) is 0 Å². The van der Waals surface area contributed by atoms with Crippen LogP contribution < -0.4 is 9.64 Å². The van der Waals surface area contributed by atoms with Crippen LogP contribution in [0.3, 0.4) is 0 Å².